The molecular formula is C7H10O2. The number of ether oxygens (including phenoxy) is 1. The second kappa shape index (κ2) is 2.67. The van der Waals surface area contributed by atoms with Crippen LogP contribution in [0, 0.1) is 0 Å². The van der Waals surface area contributed by atoms with E-state index in [4.69, 9.17) is 4.74 Å². The number of cyclic esters (lactones) is 1. The summed E-state index contributed by atoms with van der Waals surface area (Å²) in [6, 6.07) is 0. The van der Waals surface area contributed by atoms with E-state index < -0.39 is 0 Å². The van der Waals surface area contributed by atoms with Gasteiger partial charge in [0.1, 0.15) is 0 Å². The molecule has 1 heterocycles. The van der Waals surface area contributed by atoms with Crippen molar-refractivity contribution in [3.63, 3.8) is 0 Å². The lowest BCUT2D eigenvalue weighted by atomic mass is 10.1. The fraction of sp³-hybridized carbons (Fsp3) is 0.571. The van der Waals surface area contributed by atoms with Crippen LogP contribution in [0.4, 0.5) is 0 Å². The molecule has 0 aromatic carbocycles. The summed E-state index contributed by atoms with van der Waals surface area (Å²) in [5, 5.41) is 0. The van der Waals surface area contributed by atoms with Crippen molar-refractivity contribution in [3.8, 4) is 0 Å². The summed E-state index contributed by atoms with van der Waals surface area (Å²) in [6.07, 6.45) is 2.29. The molecule has 0 atom stereocenters. The highest BCUT2D eigenvalue weighted by Crippen LogP contribution is 2.12. The highest BCUT2D eigenvalue weighted by atomic mass is 16.5. The second-order valence-electron chi connectivity index (χ2n) is 2.25. The molecule has 0 radical (unpaired) electrons. The fourth-order valence-electron chi connectivity index (χ4n) is 0.852. The van der Waals surface area contributed by atoms with Crippen molar-refractivity contribution < 1.29 is 9.53 Å². The lowest BCUT2D eigenvalue weighted by Crippen LogP contribution is -2.00. The van der Waals surface area contributed by atoms with Gasteiger partial charge in [-0.25, -0.2) is 0 Å². The van der Waals surface area contributed by atoms with Gasteiger partial charge < -0.3 is 4.74 Å². The summed E-state index contributed by atoms with van der Waals surface area (Å²) in [4.78, 5) is 10.6. The van der Waals surface area contributed by atoms with Crippen molar-refractivity contribution in [2.45, 2.75) is 19.3 Å². The summed E-state index contributed by atoms with van der Waals surface area (Å²) in [6.45, 7) is 4.29. The molecule has 0 aromatic heterocycles. The first-order valence-corrected chi connectivity index (χ1v) is 3.11. The maximum absolute atomic E-state index is 10.6. The van der Waals surface area contributed by atoms with Gasteiger partial charge in [-0.15, -0.1) is 0 Å². The zero-order valence-corrected chi connectivity index (χ0v) is 5.35. The maximum atomic E-state index is 10.6. The van der Waals surface area contributed by atoms with Crippen LogP contribution in [0.3, 0.4) is 0 Å². The Morgan fingerprint density at radius 1 is 1.56 bits per heavy atom. The van der Waals surface area contributed by atoms with Crippen LogP contribution >= 0.6 is 0 Å². The Morgan fingerprint density at radius 3 is 3.11 bits per heavy atom. The lowest BCUT2D eigenvalue weighted by molar-refractivity contribution is -0.142. The minimum Gasteiger partial charge on any atom is -0.465 e. The van der Waals surface area contributed by atoms with E-state index in [0.29, 0.717) is 13.0 Å². The minimum absolute atomic E-state index is 0.127. The van der Waals surface area contributed by atoms with E-state index in [1.807, 2.05) is 0 Å². The van der Waals surface area contributed by atoms with Crippen LogP contribution in [0.15, 0.2) is 12.2 Å². The van der Waals surface area contributed by atoms with E-state index in [9.17, 15) is 4.79 Å². The molecule has 1 rings (SSSR count). The Morgan fingerprint density at radius 2 is 2.33 bits per heavy atom. The van der Waals surface area contributed by atoms with Gasteiger partial charge in [-0.1, -0.05) is 12.2 Å². The summed E-state index contributed by atoms with van der Waals surface area (Å²) in [5.74, 6) is -0.127. The molecule has 0 unspecified atom stereocenters. The Balaban J connectivity index is 2.47. The number of rotatable bonds is 0. The maximum Gasteiger partial charge on any atom is 0.309 e. The van der Waals surface area contributed by atoms with Crippen molar-refractivity contribution in [1.82, 2.24) is 0 Å². The molecule has 1 aliphatic heterocycles. The highest BCUT2D eigenvalue weighted by Gasteiger charge is 2.09. The van der Waals surface area contributed by atoms with Gasteiger partial charge in [-0.05, 0) is 12.8 Å². The highest BCUT2D eigenvalue weighted by molar-refractivity contribution is 5.72. The van der Waals surface area contributed by atoms with Gasteiger partial charge in [0, 0.05) is 0 Å². The molecule has 0 bridgehead atoms. The van der Waals surface area contributed by atoms with E-state index in [1.165, 1.54) is 0 Å². The van der Waals surface area contributed by atoms with E-state index in [1.54, 1.807) is 0 Å². The van der Waals surface area contributed by atoms with Gasteiger partial charge in [0.15, 0.2) is 0 Å². The second-order valence-corrected chi connectivity index (χ2v) is 2.25. The predicted octanol–water partition coefficient (Wildman–Crippen LogP) is 1.27. The smallest absolute Gasteiger partial charge is 0.309 e. The normalized spacial score (nSPS) is 20.9. The van der Waals surface area contributed by atoms with Gasteiger partial charge >= 0.3 is 5.97 Å². The molecular weight excluding hydrogens is 116 g/mol. The van der Waals surface area contributed by atoms with E-state index in [-0.39, 0.29) is 5.97 Å². The summed E-state index contributed by atoms with van der Waals surface area (Å²) in [7, 11) is 0. The first-order chi connectivity index (χ1) is 4.29. The van der Waals surface area contributed by atoms with Gasteiger partial charge in [0.05, 0.1) is 13.0 Å². The zero-order chi connectivity index (χ0) is 6.69. The fourth-order valence-corrected chi connectivity index (χ4v) is 0.852. The average molecular weight is 126 g/mol. The molecule has 2 heteroatoms. The van der Waals surface area contributed by atoms with Crippen molar-refractivity contribution in [2.75, 3.05) is 6.61 Å². The third-order valence-corrected chi connectivity index (χ3v) is 1.33. The summed E-state index contributed by atoms with van der Waals surface area (Å²) >= 11 is 0. The van der Waals surface area contributed by atoms with Crippen molar-refractivity contribution in [1.29, 1.82) is 0 Å². The number of hydrogen-bond donors (Lipinski definition) is 0. The van der Waals surface area contributed by atoms with Gasteiger partial charge in [0.2, 0.25) is 0 Å². The first-order valence-electron chi connectivity index (χ1n) is 3.11. The Hall–Kier alpha value is -0.790. The van der Waals surface area contributed by atoms with Gasteiger partial charge in [0.25, 0.3) is 0 Å². The zero-order valence-electron chi connectivity index (χ0n) is 5.35. The quantitative estimate of drug-likeness (QED) is 0.361. The van der Waals surface area contributed by atoms with Crippen molar-refractivity contribution >= 4 is 5.97 Å². The molecule has 2 nitrogen and oxygen atoms in total. The Labute approximate surface area is 54.5 Å². The third-order valence-electron chi connectivity index (χ3n) is 1.33. The molecule has 0 aliphatic carbocycles. The van der Waals surface area contributed by atoms with Crippen LogP contribution in [-0.2, 0) is 9.53 Å². The largest absolute Gasteiger partial charge is 0.465 e. The van der Waals surface area contributed by atoms with Crippen molar-refractivity contribution in [3.05, 3.63) is 12.2 Å². The molecule has 0 spiro atoms. The number of esters is 1. The molecule has 0 N–H and O–H groups in total. The molecule has 1 saturated heterocycles. The number of carbonyl (C=O) groups is 1. The lowest BCUT2D eigenvalue weighted by Gasteiger charge is -1.94. The standard InChI is InChI=1S/C7H10O2/c1-6-3-2-4-9-7(8)5-6/h1-5H2. The van der Waals surface area contributed by atoms with Crippen LogP contribution in [0.5, 0.6) is 0 Å². The summed E-state index contributed by atoms with van der Waals surface area (Å²) < 4.78 is 4.77. The minimum atomic E-state index is -0.127. The molecule has 0 saturated carbocycles. The van der Waals surface area contributed by atoms with E-state index >= 15 is 0 Å². The number of carbonyl (C=O) groups excluding carboxylic acids is 1. The molecule has 9 heavy (non-hydrogen) atoms. The SMILES string of the molecule is C=C1CCCOC(=O)C1. The molecule has 0 aromatic rings. The van der Waals surface area contributed by atoms with Crippen LogP contribution in [0.2, 0.25) is 0 Å². The monoisotopic (exact) mass is 126 g/mol. The number of hydrogen-bond acceptors (Lipinski definition) is 2. The molecule has 1 aliphatic rings. The first kappa shape index (κ1) is 6.33. The van der Waals surface area contributed by atoms with Crippen molar-refractivity contribution in [2.24, 2.45) is 0 Å². The van der Waals surface area contributed by atoms with E-state index in [0.717, 1.165) is 18.4 Å². The molecule has 0 amide bonds. The average Bonchev–Trinajstić information content (AvgIpc) is 1.93. The summed E-state index contributed by atoms with van der Waals surface area (Å²) in [5.41, 5.74) is 0.998. The van der Waals surface area contributed by atoms with Crippen LogP contribution in [0.1, 0.15) is 19.3 Å². The Kier molecular flexibility index (Phi) is 1.88. The van der Waals surface area contributed by atoms with Gasteiger partial charge in [-0.3, -0.25) is 4.79 Å². The molecule has 50 valence electrons. The Bertz CT molecular complexity index is 122. The predicted molar refractivity (Wildman–Crippen MR) is 33.9 cm³/mol. The van der Waals surface area contributed by atoms with Gasteiger partial charge in [-0.2, -0.15) is 0 Å². The van der Waals surface area contributed by atoms with Crippen LogP contribution in [-0.4, -0.2) is 12.6 Å². The third kappa shape index (κ3) is 1.88. The molecule has 1 fully saturated rings. The van der Waals surface area contributed by atoms with Crippen LogP contribution in [0.25, 0.3) is 0 Å². The van der Waals surface area contributed by atoms with E-state index in [2.05, 4.69) is 6.58 Å². The van der Waals surface area contributed by atoms with Crippen LogP contribution < -0.4 is 0 Å². The topological polar surface area (TPSA) is 26.3 Å².